The van der Waals surface area contributed by atoms with Crippen molar-refractivity contribution in [1.82, 2.24) is 5.32 Å². The average Bonchev–Trinajstić information content (AvgIpc) is 2.33. The molecule has 1 saturated heterocycles. The fourth-order valence-electron chi connectivity index (χ4n) is 2.43. The first-order chi connectivity index (χ1) is 8.79. The van der Waals surface area contributed by atoms with E-state index < -0.39 is 0 Å². The second kappa shape index (κ2) is 5.51. The van der Waals surface area contributed by atoms with Crippen molar-refractivity contribution < 1.29 is 0 Å². The number of halogens is 2. The van der Waals surface area contributed by atoms with Crippen molar-refractivity contribution in [3.05, 3.63) is 27.7 Å². The van der Waals surface area contributed by atoms with Gasteiger partial charge in [-0.15, -0.1) is 0 Å². The summed E-state index contributed by atoms with van der Waals surface area (Å²) in [5.74, 6) is 0. The lowest BCUT2D eigenvalue weighted by Crippen LogP contribution is -2.56. The molecule has 0 saturated carbocycles. The molecule has 106 valence electrons. The van der Waals surface area contributed by atoms with E-state index in [4.69, 9.17) is 23.2 Å². The van der Waals surface area contributed by atoms with E-state index >= 15 is 0 Å². The number of anilines is 1. The van der Waals surface area contributed by atoms with Gasteiger partial charge in [0.1, 0.15) is 0 Å². The molecule has 0 spiro atoms. The molecule has 2 nitrogen and oxygen atoms in total. The predicted molar refractivity (Wildman–Crippen MR) is 84.7 cm³/mol. The van der Waals surface area contributed by atoms with E-state index in [1.54, 1.807) is 0 Å². The first kappa shape index (κ1) is 15.0. The maximum absolute atomic E-state index is 6.38. The molecule has 1 aliphatic rings. The molecule has 0 amide bonds. The van der Waals surface area contributed by atoms with Crippen molar-refractivity contribution in [3.8, 4) is 0 Å². The molecule has 1 heterocycles. The van der Waals surface area contributed by atoms with Crippen LogP contribution in [-0.4, -0.2) is 25.7 Å². The quantitative estimate of drug-likeness (QED) is 0.839. The van der Waals surface area contributed by atoms with Gasteiger partial charge >= 0.3 is 0 Å². The molecule has 0 bridgehead atoms. The van der Waals surface area contributed by atoms with Gasteiger partial charge in [0.05, 0.1) is 10.7 Å². The van der Waals surface area contributed by atoms with Gasteiger partial charge in [-0.1, -0.05) is 44.0 Å². The zero-order valence-electron chi connectivity index (χ0n) is 12.1. The minimum absolute atomic E-state index is 0.236. The van der Waals surface area contributed by atoms with Crippen molar-refractivity contribution >= 4 is 28.9 Å². The van der Waals surface area contributed by atoms with Crippen LogP contribution in [0.5, 0.6) is 0 Å². The van der Waals surface area contributed by atoms with Crippen LogP contribution in [0.4, 0.5) is 5.69 Å². The lowest BCUT2D eigenvalue weighted by atomic mass is 9.85. The van der Waals surface area contributed by atoms with E-state index in [1.165, 1.54) is 0 Å². The van der Waals surface area contributed by atoms with Gasteiger partial charge in [-0.3, -0.25) is 0 Å². The Morgan fingerprint density at radius 3 is 2.53 bits per heavy atom. The summed E-state index contributed by atoms with van der Waals surface area (Å²) >= 11 is 12.6. The third kappa shape index (κ3) is 3.36. The SMILES string of the molecule is Cc1cc(Cl)c(N2CCNC(C(C)(C)C)C2)cc1Cl. The molecule has 1 aromatic rings. The number of hydrogen-bond donors (Lipinski definition) is 1. The van der Waals surface area contributed by atoms with Crippen molar-refractivity contribution in [2.45, 2.75) is 33.7 Å². The Balaban J connectivity index is 2.25. The van der Waals surface area contributed by atoms with Gasteiger partial charge in [-0.2, -0.15) is 0 Å². The van der Waals surface area contributed by atoms with Crippen LogP contribution in [0.25, 0.3) is 0 Å². The van der Waals surface area contributed by atoms with E-state index in [9.17, 15) is 0 Å². The maximum atomic E-state index is 6.38. The number of aryl methyl sites for hydroxylation is 1. The highest BCUT2D eigenvalue weighted by Gasteiger charge is 2.30. The Hall–Kier alpha value is -0.440. The largest absolute Gasteiger partial charge is 0.367 e. The Kier molecular flexibility index (Phi) is 4.34. The van der Waals surface area contributed by atoms with E-state index in [-0.39, 0.29) is 5.41 Å². The highest BCUT2D eigenvalue weighted by Crippen LogP contribution is 2.33. The topological polar surface area (TPSA) is 15.3 Å². The molecule has 19 heavy (non-hydrogen) atoms. The van der Waals surface area contributed by atoms with Crippen molar-refractivity contribution in [2.24, 2.45) is 5.41 Å². The van der Waals surface area contributed by atoms with Crippen molar-refractivity contribution in [3.63, 3.8) is 0 Å². The van der Waals surface area contributed by atoms with Crippen LogP contribution >= 0.6 is 23.2 Å². The van der Waals surface area contributed by atoms with Crippen LogP contribution in [0.1, 0.15) is 26.3 Å². The van der Waals surface area contributed by atoms with E-state index in [2.05, 4.69) is 31.0 Å². The highest BCUT2D eigenvalue weighted by atomic mass is 35.5. The highest BCUT2D eigenvalue weighted by molar-refractivity contribution is 6.35. The van der Waals surface area contributed by atoms with Crippen LogP contribution in [0.2, 0.25) is 10.0 Å². The van der Waals surface area contributed by atoms with E-state index in [0.29, 0.717) is 6.04 Å². The summed E-state index contributed by atoms with van der Waals surface area (Å²) in [6.45, 7) is 11.7. The van der Waals surface area contributed by atoms with Crippen LogP contribution in [0.15, 0.2) is 12.1 Å². The molecule has 1 fully saturated rings. The molecular formula is C15H22Cl2N2. The van der Waals surface area contributed by atoms with Gasteiger partial charge in [-0.25, -0.2) is 0 Å². The predicted octanol–water partition coefficient (Wildman–Crippen LogP) is 4.13. The lowest BCUT2D eigenvalue weighted by Gasteiger charge is -2.41. The second-order valence-electron chi connectivity index (χ2n) is 6.37. The van der Waals surface area contributed by atoms with Gasteiger partial charge in [0.15, 0.2) is 0 Å². The molecule has 0 radical (unpaired) electrons. The number of nitrogens with one attached hydrogen (secondary N) is 1. The zero-order chi connectivity index (χ0) is 14.2. The number of nitrogens with zero attached hydrogens (tertiary/aromatic N) is 1. The second-order valence-corrected chi connectivity index (χ2v) is 7.19. The standard InChI is InChI=1S/C15H22Cl2N2/c1-10-7-12(17)13(8-11(10)16)19-6-5-18-14(9-19)15(2,3)4/h7-8,14,18H,5-6,9H2,1-4H3. The summed E-state index contributed by atoms with van der Waals surface area (Å²) in [6.07, 6.45) is 0. The van der Waals surface area contributed by atoms with Crippen LogP contribution in [0, 0.1) is 12.3 Å². The van der Waals surface area contributed by atoms with Crippen LogP contribution in [-0.2, 0) is 0 Å². The van der Waals surface area contributed by atoms with Crippen molar-refractivity contribution in [1.29, 1.82) is 0 Å². The average molecular weight is 301 g/mol. The molecule has 1 unspecified atom stereocenters. The van der Waals surface area contributed by atoms with Gasteiger partial charge in [0.25, 0.3) is 0 Å². The number of rotatable bonds is 1. The number of piperazine rings is 1. The lowest BCUT2D eigenvalue weighted by molar-refractivity contribution is 0.254. The fraction of sp³-hybridized carbons (Fsp3) is 0.600. The Morgan fingerprint density at radius 2 is 1.89 bits per heavy atom. The van der Waals surface area contributed by atoms with Gasteiger partial charge in [0.2, 0.25) is 0 Å². The summed E-state index contributed by atoms with van der Waals surface area (Å²) in [4.78, 5) is 2.33. The van der Waals surface area contributed by atoms with Gasteiger partial charge < -0.3 is 10.2 Å². The Labute approximate surface area is 126 Å². The molecule has 1 aliphatic heterocycles. The summed E-state index contributed by atoms with van der Waals surface area (Å²) in [6, 6.07) is 4.40. The molecule has 0 aromatic heterocycles. The summed E-state index contributed by atoms with van der Waals surface area (Å²) < 4.78 is 0. The molecule has 0 aliphatic carbocycles. The third-order valence-electron chi connectivity index (χ3n) is 3.79. The van der Waals surface area contributed by atoms with Crippen LogP contribution in [0.3, 0.4) is 0 Å². The third-order valence-corrected chi connectivity index (χ3v) is 4.50. The summed E-state index contributed by atoms with van der Waals surface area (Å²) in [5, 5.41) is 5.16. The Bertz CT molecular complexity index is 466. The van der Waals surface area contributed by atoms with Gasteiger partial charge in [-0.05, 0) is 30.0 Å². The minimum Gasteiger partial charge on any atom is -0.367 e. The fourth-order valence-corrected chi connectivity index (χ4v) is 2.92. The maximum Gasteiger partial charge on any atom is 0.0643 e. The van der Waals surface area contributed by atoms with E-state index in [1.807, 2.05) is 19.1 Å². The van der Waals surface area contributed by atoms with E-state index in [0.717, 1.165) is 40.9 Å². The summed E-state index contributed by atoms with van der Waals surface area (Å²) in [7, 11) is 0. The smallest absolute Gasteiger partial charge is 0.0643 e. The molecule has 1 N–H and O–H groups in total. The minimum atomic E-state index is 0.236. The monoisotopic (exact) mass is 300 g/mol. The summed E-state index contributed by atoms with van der Waals surface area (Å²) in [5.41, 5.74) is 2.31. The zero-order valence-corrected chi connectivity index (χ0v) is 13.6. The van der Waals surface area contributed by atoms with Crippen LogP contribution < -0.4 is 10.2 Å². The normalized spacial score (nSPS) is 20.7. The number of benzene rings is 1. The molecule has 1 aromatic carbocycles. The first-order valence-electron chi connectivity index (χ1n) is 6.73. The molecule has 2 rings (SSSR count). The molecular weight excluding hydrogens is 279 g/mol. The number of hydrogen-bond acceptors (Lipinski definition) is 2. The molecule has 1 atom stereocenters. The molecule has 4 heteroatoms. The van der Waals surface area contributed by atoms with Crippen molar-refractivity contribution in [2.75, 3.05) is 24.5 Å². The Morgan fingerprint density at radius 1 is 1.21 bits per heavy atom. The first-order valence-corrected chi connectivity index (χ1v) is 7.48. The van der Waals surface area contributed by atoms with Gasteiger partial charge in [0, 0.05) is 30.7 Å².